The number of nitrogens with zero attached hydrogens (tertiary/aromatic N) is 1. The van der Waals surface area contributed by atoms with Gasteiger partial charge >= 0.3 is 0 Å². The number of aromatic nitrogens is 1. The number of ether oxygens (including phenoxy) is 1. The summed E-state index contributed by atoms with van der Waals surface area (Å²) in [5, 5.41) is 2.81. The number of hydrogen-bond donors (Lipinski definition) is 1. The average molecular weight is 250 g/mol. The molecule has 0 fully saturated rings. The summed E-state index contributed by atoms with van der Waals surface area (Å²) in [6.45, 7) is 0.303. The number of methoxy groups -OCH3 is 1. The third kappa shape index (κ3) is 2.74. The van der Waals surface area contributed by atoms with Crippen molar-refractivity contribution >= 4 is 5.69 Å². The van der Waals surface area contributed by atoms with Gasteiger partial charge in [-0.3, -0.25) is 0 Å². The molecule has 3 nitrogen and oxygen atoms in total. The maximum Gasteiger partial charge on any atom is 0.218 e. The zero-order valence-electron chi connectivity index (χ0n) is 9.78. The van der Waals surface area contributed by atoms with E-state index in [1.807, 2.05) is 0 Å². The molecule has 5 heteroatoms. The van der Waals surface area contributed by atoms with Gasteiger partial charge in [0.05, 0.1) is 12.8 Å². The van der Waals surface area contributed by atoms with E-state index in [1.165, 1.54) is 7.11 Å². The average Bonchev–Trinajstić information content (AvgIpc) is 2.40. The van der Waals surface area contributed by atoms with Crippen molar-refractivity contribution < 1.29 is 13.5 Å². The van der Waals surface area contributed by atoms with Gasteiger partial charge in [-0.1, -0.05) is 6.07 Å². The van der Waals surface area contributed by atoms with Gasteiger partial charge in [0.15, 0.2) is 0 Å². The molecule has 0 saturated carbocycles. The van der Waals surface area contributed by atoms with Crippen LogP contribution in [0.5, 0.6) is 5.88 Å². The molecule has 0 unspecified atom stereocenters. The molecule has 0 atom stereocenters. The summed E-state index contributed by atoms with van der Waals surface area (Å²) in [6, 6.07) is 6.82. The summed E-state index contributed by atoms with van der Waals surface area (Å²) in [5.41, 5.74) is 0.879. The number of halogens is 2. The molecule has 0 saturated heterocycles. The van der Waals surface area contributed by atoms with Crippen molar-refractivity contribution in [1.82, 2.24) is 4.98 Å². The molecule has 2 aromatic rings. The van der Waals surface area contributed by atoms with Gasteiger partial charge in [0.1, 0.15) is 11.6 Å². The molecule has 1 N–H and O–H groups in total. The monoisotopic (exact) mass is 250 g/mol. The number of benzene rings is 1. The summed E-state index contributed by atoms with van der Waals surface area (Å²) < 4.78 is 31.4. The van der Waals surface area contributed by atoms with Crippen molar-refractivity contribution in [1.29, 1.82) is 0 Å². The number of pyridine rings is 1. The van der Waals surface area contributed by atoms with E-state index < -0.39 is 11.6 Å². The highest BCUT2D eigenvalue weighted by molar-refractivity contribution is 5.46. The molecule has 18 heavy (non-hydrogen) atoms. The van der Waals surface area contributed by atoms with Crippen LogP contribution < -0.4 is 10.1 Å². The summed E-state index contributed by atoms with van der Waals surface area (Å²) in [5.74, 6) is -0.530. The van der Waals surface area contributed by atoms with Gasteiger partial charge in [0.25, 0.3) is 0 Å². The lowest BCUT2D eigenvalue weighted by molar-refractivity contribution is 0.393. The van der Waals surface area contributed by atoms with Crippen LogP contribution in [-0.2, 0) is 6.54 Å². The first-order valence-electron chi connectivity index (χ1n) is 5.37. The van der Waals surface area contributed by atoms with E-state index >= 15 is 0 Å². The summed E-state index contributed by atoms with van der Waals surface area (Å²) in [7, 11) is 1.51. The van der Waals surface area contributed by atoms with E-state index in [4.69, 9.17) is 4.74 Å². The predicted octanol–water partition coefficient (Wildman–Crippen LogP) is 2.98. The topological polar surface area (TPSA) is 34.1 Å². The highest BCUT2D eigenvalue weighted by Gasteiger charge is 2.06. The third-order valence-corrected chi connectivity index (χ3v) is 2.44. The van der Waals surface area contributed by atoms with Crippen LogP contribution in [0, 0.1) is 11.6 Å². The fraction of sp³-hybridized carbons (Fsp3) is 0.154. The molecule has 1 aromatic heterocycles. The summed E-state index contributed by atoms with van der Waals surface area (Å²) >= 11 is 0. The van der Waals surface area contributed by atoms with Crippen LogP contribution >= 0.6 is 0 Å². The van der Waals surface area contributed by atoms with Gasteiger partial charge in [-0.25, -0.2) is 13.8 Å². The summed E-state index contributed by atoms with van der Waals surface area (Å²) in [4.78, 5) is 4.02. The van der Waals surface area contributed by atoms with E-state index in [9.17, 15) is 8.78 Å². The Morgan fingerprint density at radius 2 is 2.11 bits per heavy atom. The van der Waals surface area contributed by atoms with Crippen molar-refractivity contribution in [2.75, 3.05) is 12.4 Å². The normalized spacial score (nSPS) is 10.2. The van der Waals surface area contributed by atoms with Crippen LogP contribution in [0.15, 0.2) is 36.5 Å². The van der Waals surface area contributed by atoms with Crippen LogP contribution in [0.2, 0.25) is 0 Å². The van der Waals surface area contributed by atoms with Gasteiger partial charge in [-0.05, 0) is 24.3 Å². The molecule has 0 aliphatic rings. The lowest BCUT2D eigenvalue weighted by atomic mass is 10.2. The molecule has 0 spiro atoms. The van der Waals surface area contributed by atoms with Crippen molar-refractivity contribution in [2.45, 2.75) is 6.54 Å². The van der Waals surface area contributed by atoms with Gasteiger partial charge < -0.3 is 10.1 Å². The van der Waals surface area contributed by atoms with Crippen LogP contribution in [0.1, 0.15) is 5.56 Å². The molecular formula is C13H12F2N2O. The fourth-order valence-electron chi connectivity index (χ4n) is 1.57. The van der Waals surface area contributed by atoms with Gasteiger partial charge in [-0.2, -0.15) is 0 Å². The molecule has 1 heterocycles. The largest absolute Gasteiger partial charge is 0.481 e. The van der Waals surface area contributed by atoms with E-state index in [0.29, 0.717) is 12.4 Å². The Hall–Kier alpha value is -2.17. The fourth-order valence-corrected chi connectivity index (χ4v) is 1.57. The first kappa shape index (κ1) is 12.3. The number of anilines is 1. The Morgan fingerprint density at radius 1 is 1.28 bits per heavy atom. The summed E-state index contributed by atoms with van der Waals surface area (Å²) in [6.07, 6.45) is 1.60. The Bertz CT molecular complexity index is 546. The lowest BCUT2D eigenvalue weighted by Crippen LogP contribution is -2.04. The molecule has 0 aliphatic carbocycles. The molecule has 0 bridgehead atoms. The Labute approximate surface area is 103 Å². The van der Waals surface area contributed by atoms with Crippen LogP contribution in [0.25, 0.3) is 0 Å². The Morgan fingerprint density at radius 3 is 2.89 bits per heavy atom. The number of rotatable bonds is 4. The van der Waals surface area contributed by atoms with Crippen molar-refractivity contribution in [3.05, 3.63) is 53.7 Å². The quantitative estimate of drug-likeness (QED) is 0.905. The van der Waals surface area contributed by atoms with Gasteiger partial charge in [-0.15, -0.1) is 0 Å². The molecule has 1 aromatic carbocycles. The number of nitrogens with one attached hydrogen (secondary N) is 1. The van der Waals surface area contributed by atoms with Gasteiger partial charge in [0, 0.05) is 18.3 Å². The van der Waals surface area contributed by atoms with E-state index in [2.05, 4.69) is 10.3 Å². The molecule has 0 aliphatic heterocycles. The van der Waals surface area contributed by atoms with Crippen molar-refractivity contribution in [3.63, 3.8) is 0 Å². The molecular weight excluding hydrogens is 238 g/mol. The van der Waals surface area contributed by atoms with Crippen LogP contribution in [0.4, 0.5) is 14.5 Å². The molecule has 2 rings (SSSR count). The molecule has 0 radical (unpaired) electrons. The number of hydrogen-bond acceptors (Lipinski definition) is 3. The Kier molecular flexibility index (Phi) is 3.72. The van der Waals surface area contributed by atoms with Crippen LogP contribution in [0.3, 0.4) is 0 Å². The second-order valence-corrected chi connectivity index (χ2v) is 3.65. The zero-order valence-corrected chi connectivity index (χ0v) is 9.78. The standard InChI is InChI=1S/C13H12F2N2O/c1-18-13-9(3-2-6-16-13)8-17-12-7-10(14)4-5-11(12)15/h2-7,17H,8H2,1H3. The van der Waals surface area contributed by atoms with E-state index in [0.717, 1.165) is 23.8 Å². The van der Waals surface area contributed by atoms with Crippen LogP contribution in [-0.4, -0.2) is 12.1 Å². The maximum atomic E-state index is 13.4. The minimum Gasteiger partial charge on any atom is -0.481 e. The highest BCUT2D eigenvalue weighted by Crippen LogP contribution is 2.19. The first-order chi connectivity index (χ1) is 8.70. The minimum absolute atomic E-state index is 0.112. The minimum atomic E-state index is -0.501. The first-order valence-corrected chi connectivity index (χ1v) is 5.37. The molecule has 94 valence electrons. The van der Waals surface area contributed by atoms with Gasteiger partial charge in [0.2, 0.25) is 5.88 Å². The highest BCUT2D eigenvalue weighted by atomic mass is 19.1. The smallest absolute Gasteiger partial charge is 0.218 e. The zero-order chi connectivity index (χ0) is 13.0. The third-order valence-electron chi connectivity index (χ3n) is 2.44. The van der Waals surface area contributed by atoms with E-state index in [-0.39, 0.29) is 5.69 Å². The second kappa shape index (κ2) is 5.44. The second-order valence-electron chi connectivity index (χ2n) is 3.65. The predicted molar refractivity (Wildman–Crippen MR) is 64.5 cm³/mol. The Balaban J connectivity index is 2.14. The SMILES string of the molecule is COc1ncccc1CNc1cc(F)ccc1F. The maximum absolute atomic E-state index is 13.4. The van der Waals surface area contributed by atoms with Crippen molar-refractivity contribution in [2.24, 2.45) is 0 Å². The van der Waals surface area contributed by atoms with Crippen molar-refractivity contribution in [3.8, 4) is 5.88 Å². The van der Waals surface area contributed by atoms with E-state index in [1.54, 1.807) is 18.3 Å². The molecule has 0 amide bonds. The lowest BCUT2D eigenvalue weighted by Gasteiger charge is -2.10.